The van der Waals surface area contributed by atoms with Crippen LogP contribution in [0.1, 0.15) is 43.2 Å². The Hall–Kier alpha value is -0.760. The average Bonchev–Trinajstić information content (AvgIpc) is 2.72. The van der Waals surface area contributed by atoms with Gasteiger partial charge in [0.05, 0.1) is 6.04 Å². The lowest BCUT2D eigenvalue weighted by atomic mass is 9.97. The maximum atomic E-state index is 6.12. The maximum Gasteiger partial charge on any atom is 0.121 e. The highest BCUT2D eigenvalue weighted by molar-refractivity contribution is 5.10. The fourth-order valence-electron chi connectivity index (χ4n) is 2.18. The number of hydrogen-bond donors (Lipinski definition) is 1. The Morgan fingerprint density at radius 3 is 2.62 bits per heavy atom. The van der Waals surface area contributed by atoms with Crippen LogP contribution in [0.5, 0.6) is 0 Å². The van der Waals surface area contributed by atoms with Crippen LogP contribution in [0.3, 0.4) is 0 Å². The lowest BCUT2D eigenvalue weighted by Crippen LogP contribution is -2.18. The van der Waals surface area contributed by atoms with Crippen molar-refractivity contribution in [1.82, 2.24) is 0 Å². The van der Waals surface area contributed by atoms with E-state index >= 15 is 0 Å². The van der Waals surface area contributed by atoms with E-state index in [2.05, 4.69) is 0 Å². The number of furan rings is 1. The lowest BCUT2D eigenvalue weighted by Gasteiger charge is -2.15. The first-order valence-electron chi connectivity index (χ1n) is 5.09. The van der Waals surface area contributed by atoms with E-state index in [9.17, 15) is 0 Å². The van der Waals surface area contributed by atoms with E-state index in [-0.39, 0.29) is 6.04 Å². The van der Waals surface area contributed by atoms with Crippen LogP contribution >= 0.6 is 0 Å². The van der Waals surface area contributed by atoms with Crippen molar-refractivity contribution in [2.75, 3.05) is 0 Å². The molecule has 1 aromatic heterocycles. The summed E-state index contributed by atoms with van der Waals surface area (Å²) < 4.78 is 5.53. The van der Waals surface area contributed by atoms with Crippen molar-refractivity contribution in [3.8, 4) is 0 Å². The van der Waals surface area contributed by atoms with E-state index in [1.807, 2.05) is 19.1 Å². The zero-order valence-corrected chi connectivity index (χ0v) is 8.12. The fourth-order valence-corrected chi connectivity index (χ4v) is 2.18. The molecule has 13 heavy (non-hydrogen) atoms. The van der Waals surface area contributed by atoms with Crippen LogP contribution in [0.15, 0.2) is 16.5 Å². The number of hydrogen-bond acceptors (Lipinski definition) is 2. The second-order valence-electron chi connectivity index (χ2n) is 4.02. The Balaban J connectivity index is 2.07. The van der Waals surface area contributed by atoms with Crippen molar-refractivity contribution in [2.45, 2.75) is 38.6 Å². The molecule has 0 aromatic carbocycles. The molecular weight excluding hydrogens is 162 g/mol. The van der Waals surface area contributed by atoms with Crippen molar-refractivity contribution >= 4 is 0 Å². The summed E-state index contributed by atoms with van der Waals surface area (Å²) in [6.07, 6.45) is 5.19. The predicted octanol–water partition coefficient (Wildman–Crippen LogP) is 2.78. The van der Waals surface area contributed by atoms with Crippen molar-refractivity contribution < 1.29 is 4.42 Å². The summed E-state index contributed by atoms with van der Waals surface area (Å²) in [6, 6.07) is 4.12. The largest absolute Gasteiger partial charge is 0.465 e. The summed E-state index contributed by atoms with van der Waals surface area (Å²) in [6.45, 7) is 1.96. The van der Waals surface area contributed by atoms with Crippen LogP contribution in [0.25, 0.3) is 0 Å². The molecule has 2 heteroatoms. The molecule has 1 aliphatic rings. The van der Waals surface area contributed by atoms with Gasteiger partial charge in [-0.1, -0.05) is 12.8 Å². The van der Waals surface area contributed by atoms with Gasteiger partial charge < -0.3 is 10.2 Å². The first-order chi connectivity index (χ1) is 6.27. The third kappa shape index (κ3) is 1.78. The standard InChI is InChI=1S/C11H17NO/c1-8-6-7-10(13-8)11(12)9-4-2-3-5-9/h6-7,9,11H,2-5,12H2,1H3/t11-/m0/s1. The van der Waals surface area contributed by atoms with Crippen molar-refractivity contribution in [2.24, 2.45) is 11.7 Å². The molecule has 1 heterocycles. The van der Waals surface area contributed by atoms with Crippen LogP contribution < -0.4 is 5.73 Å². The molecule has 0 unspecified atom stereocenters. The van der Waals surface area contributed by atoms with E-state index < -0.39 is 0 Å². The minimum Gasteiger partial charge on any atom is -0.465 e. The van der Waals surface area contributed by atoms with Gasteiger partial charge >= 0.3 is 0 Å². The molecule has 2 rings (SSSR count). The number of aryl methyl sites for hydroxylation is 1. The van der Waals surface area contributed by atoms with E-state index in [0.29, 0.717) is 5.92 Å². The van der Waals surface area contributed by atoms with Gasteiger partial charge in [0.2, 0.25) is 0 Å². The first-order valence-corrected chi connectivity index (χ1v) is 5.09. The second-order valence-corrected chi connectivity index (χ2v) is 4.02. The average molecular weight is 179 g/mol. The topological polar surface area (TPSA) is 39.2 Å². The summed E-state index contributed by atoms with van der Waals surface area (Å²) >= 11 is 0. The molecule has 2 N–H and O–H groups in total. The molecule has 0 spiro atoms. The van der Waals surface area contributed by atoms with Crippen molar-refractivity contribution in [1.29, 1.82) is 0 Å². The molecule has 0 aliphatic heterocycles. The normalized spacial score (nSPS) is 20.8. The van der Waals surface area contributed by atoms with E-state index in [4.69, 9.17) is 10.2 Å². The molecular formula is C11H17NO. The van der Waals surface area contributed by atoms with Crippen LogP contribution in [-0.4, -0.2) is 0 Å². The zero-order valence-electron chi connectivity index (χ0n) is 8.12. The highest BCUT2D eigenvalue weighted by atomic mass is 16.3. The zero-order chi connectivity index (χ0) is 9.26. The highest BCUT2D eigenvalue weighted by Gasteiger charge is 2.24. The Morgan fingerprint density at radius 2 is 2.08 bits per heavy atom. The van der Waals surface area contributed by atoms with Crippen LogP contribution in [0.2, 0.25) is 0 Å². The Morgan fingerprint density at radius 1 is 1.38 bits per heavy atom. The Labute approximate surface area is 79.1 Å². The van der Waals surface area contributed by atoms with Crippen LogP contribution in [-0.2, 0) is 0 Å². The molecule has 0 bridgehead atoms. The minimum atomic E-state index is 0.121. The summed E-state index contributed by atoms with van der Waals surface area (Å²) in [4.78, 5) is 0. The number of rotatable bonds is 2. The Bertz CT molecular complexity index is 273. The van der Waals surface area contributed by atoms with Crippen molar-refractivity contribution in [3.63, 3.8) is 0 Å². The van der Waals surface area contributed by atoms with Crippen LogP contribution in [0, 0.1) is 12.8 Å². The monoisotopic (exact) mass is 179 g/mol. The van der Waals surface area contributed by atoms with Gasteiger partial charge in [-0.25, -0.2) is 0 Å². The van der Waals surface area contributed by atoms with Gasteiger partial charge in [0.1, 0.15) is 11.5 Å². The van der Waals surface area contributed by atoms with Crippen LogP contribution in [0.4, 0.5) is 0 Å². The summed E-state index contributed by atoms with van der Waals surface area (Å²) in [5.74, 6) is 2.57. The van der Waals surface area contributed by atoms with Gasteiger partial charge in [-0.05, 0) is 37.8 Å². The molecule has 0 saturated heterocycles. The van der Waals surface area contributed by atoms with Gasteiger partial charge in [0.15, 0.2) is 0 Å². The molecule has 0 radical (unpaired) electrons. The second kappa shape index (κ2) is 3.54. The minimum absolute atomic E-state index is 0.121. The fraction of sp³-hybridized carbons (Fsp3) is 0.636. The lowest BCUT2D eigenvalue weighted by molar-refractivity contribution is 0.361. The molecule has 2 nitrogen and oxygen atoms in total. The van der Waals surface area contributed by atoms with Gasteiger partial charge in [-0.2, -0.15) is 0 Å². The summed E-state index contributed by atoms with van der Waals surface area (Å²) in [5, 5.41) is 0. The molecule has 1 aliphatic carbocycles. The molecule has 1 fully saturated rings. The van der Waals surface area contributed by atoms with Crippen molar-refractivity contribution in [3.05, 3.63) is 23.7 Å². The van der Waals surface area contributed by atoms with E-state index in [1.54, 1.807) is 0 Å². The maximum absolute atomic E-state index is 6.12. The quantitative estimate of drug-likeness (QED) is 0.758. The molecule has 1 atom stereocenters. The third-order valence-corrected chi connectivity index (χ3v) is 3.00. The van der Waals surface area contributed by atoms with Gasteiger partial charge in [-0.15, -0.1) is 0 Å². The van der Waals surface area contributed by atoms with Gasteiger partial charge in [-0.3, -0.25) is 0 Å². The Kier molecular flexibility index (Phi) is 2.40. The third-order valence-electron chi connectivity index (χ3n) is 3.00. The summed E-state index contributed by atoms with van der Waals surface area (Å²) in [5.41, 5.74) is 6.12. The van der Waals surface area contributed by atoms with Gasteiger partial charge in [0.25, 0.3) is 0 Å². The predicted molar refractivity (Wildman–Crippen MR) is 52.3 cm³/mol. The SMILES string of the molecule is Cc1ccc([C@@H](N)C2CCCC2)o1. The first kappa shape index (κ1) is 8.82. The molecule has 72 valence electrons. The summed E-state index contributed by atoms with van der Waals surface area (Å²) in [7, 11) is 0. The highest BCUT2D eigenvalue weighted by Crippen LogP contribution is 2.34. The molecule has 1 aromatic rings. The number of nitrogens with two attached hydrogens (primary N) is 1. The van der Waals surface area contributed by atoms with E-state index in [0.717, 1.165) is 11.5 Å². The van der Waals surface area contributed by atoms with Gasteiger partial charge in [0, 0.05) is 0 Å². The van der Waals surface area contributed by atoms with E-state index in [1.165, 1.54) is 25.7 Å². The molecule has 0 amide bonds. The smallest absolute Gasteiger partial charge is 0.121 e. The molecule has 1 saturated carbocycles.